The number of hydrogen-bond acceptors (Lipinski definition) is 4. The van der Waals surface area contributed by atoms with Crippen molar-refractivity contribution in [2.45, 2.75) is 51.3 Å². The van der Waals surface area contributed by atoms with Crippen molar-refractivity contribution in [3.8, 4) is 5.75 Å². The molecule has 0 radical (unpaired) electrons. The summed E-state index contributed by atoms with van der Waals surface area (Å²) < 4.78 is 8.09. The summed E-state index contributed by atoms with van der Waals surface area (Å²) in [6, 6.07) is 18.6. The number of amides is 1. The average Bonchev–Trinajstić information content (AvgIpc) is 3.43. The molecule has 1 fully saturated rings. The number of aryl methyl sites for hydroxylation is 1. The second kappa shape index (κ2) is 8.01. The zero-order valence-electron chi connectivity index (χ0n) is 18.9. The predicted molar refractivity (Wildman–Crippen MR) is 125 cm³/mol. The summed E-state index contributed by atoms with van der Waals surface area (Å²) in [4.78, 5) is 15.3. The van der Waals surface area contributed by atoms with Crippen molar-refractivity contribution in [2.75, 3.05) is 18.4 Å². The smallest absolute Gasteiger partial charge is 0.259 e. The third-order valence-corrected chi connectivity index (χ3v) is 6.55. The summed E-state index contributed by atoms with van der Waals surface area (Å²) in [6.45, 7) is 7.68. The van der Waals surface area contributed by atoms with E-state index < -0.39 is 0 Å². The van der Waals surface area contributed by atoms with Gasteiger partial charge in [0, 0.05) is 13.0 Å². The first-order valence-corrected chi connectivity index (χ1v) is 11.3. The maximum atomic E-state index is 13.5. The van der Waals surface area contributed by atoms with Gasteiger partial charge in [0.05, 0.1) is 24.3 Å². The average molecular weight is 431 g/mol. The van der Waals surface area contributed by atoms with E-state index in [4.69, 9.17) is 4.74 Å². The van der Waals surface area contributed by atoms with E-state index in [1.165, 1.54) is 11.1 Å². The molecular formula is C26H30N4O2. The molecule has 6 heteroatoms. The predicted octanol–water partition coefficient (Wildman–Crippen LogP) is 4.78. The molecule has 2 unspecified atom stereocenters. The molecule has 0 spiro atoms. The van der Waals surface area contributed by atoms with Gasteiger partial charge in [-0.25, -0.2) is 4.68 Å². The summed E-state index contributed by atoms with van der Waals surface area (Å²) in [5.74, 6) is 1.67. The van der Waals surface area contributed by atoms with E-state index in [1.807, 2.05) is 39.9 Å². The molecule has 1 amide bonds. The number of anilines is 1. The molecule has 1 saturated heterocycles. The zero-order valence-corrected chi connectivity index (χ0v) is 18.9. The fourth-order valence-corrected chi connectivity index (χ4v) is 4.78. The summed E-state index contributed by atoms with van der Waals surface area (Å²) in [5, 5.41) is 8.20. The van der Waals surface area contributed by atoms with Crippen LogP contribution in [0.25, 0.3) is 0 Å². The van der Waals surface area contributed by atoms with Crippen LogP contribution in [0.3, 0.4) is 0 Å². The number of likely N-dealkylation sites (tertiary alicyclic amines) is 1. The van der Waals surface area contributed by atoms with E-state index in [2.05, 4.69) is 55.5 Å². The highest BCUT2D eigenvalue weighted by Crippen LogP contribution is 2.40. The van der Waals surface area contributed by atoms with Crippen LogP contribution in [0.1, 0.15) is 54.2 Å². The molecule has 1 aromatic heterocycles. The fraction of sp³-hybridized carbons (Fsp3) is 0.385. The van der Waals surface area contributed by atoms with Gasteiger partial charge in [-0.05, 0) is 44.9 Å². The fourth-order valence-electron chi connectivity index (χ4n) is 4.78. The number of rotatable bonds is 4. The third-order valence-electron chi connectivity index (χ3n) is 6.55. The van der Waals surface area contributed by atoms with E-state index >= 15 is 0 Å². The molecule has 1 N–H and O–H groups in total. The van der Waals surface area contributed by atoms with Crippen molar-refractivity contribution in [1.82, 2.24) is 14.7 Å². The van der Waals surface area contributed by atoms with Crippen LogP contribution in [-0.2, 0) is 5.54 Å². The SMILES string of the molecule is Cc1ccc(OC2CCN(C(=O)c3cnn4c3NC(c3ccccc3)CC4(C)C)C2)cc1. The molecule has 3 aromatic rings. The second-order valence-corrected chi connectivity index (χ2v) is 9.54. The quantitative estimate of drug-likeness (QED) is 0.647. The molecule has 5 rings (SSSR count). The Morgan fingerprint density at radius 2 is 1.88 bits per heavy atom. The minimum absolute atomic E-state index is 0.00882. The summed E-state index contributed by atoms with van der Waals surface area (Å²) >= 11 is 0. The molecule has 2 atom stereocenters. The Hall–Kier alpha value is -3.28. The lowest BCUT2D eigenvalue weighted by Crippen LogP contribution is -2.39. The van der Waals surface area contributed by atoms with Crippen molar-refractivity contribution >= 4 is 11.7 Å². The van der Waals surface area contributed by atoms with Gasteiger partial charge in [-0.2, -0.15) is 5.10 Å². The largest absolute Gasteiger partial charge is 0.489 e. The van der Waals surface area contributed by atoms with Gasteiger partial charge in [-0.1, -0.05) is 48.0 Å². The first-order valence-electron chi connectivity index (χ1n) is 11.3. The monoisotopic (exact) mass is 430 g/mol. The molecule has 166 valence electrons. The molecule has 0 saturated carbocycles. The first-order chi connectivity index (χ1) is 15.4. The molecule has 2 aliphatic rings. The van der Waals surface area contributed by atoms with E-state index in [0.717, 1.165) is 24.4 Å². The number of ether oxygens (including phenoxy) is 1. The second-order valence-electron chi connectivity index (χ2n) is 9.54. The van der Waals surface area contributed by atoms with Crippen LogP contribution in [0.4, 0.5) is 5.82 Å². The van der Waals surface area contributed by atoms with Gasteiger partial charge in [0.2, 0.25) is 0 Å². The van der Waals surface area contributed by atoms with E-state index in [0.29, 0.717) is 18.7 Å². The zero-order chi connectivity index (χ0) is 22.3. The number of benzene rings is 2. The summed E-state index contributed by atoms with van der Waals surface area (Å²) in [6.07, 6.45) is 3.45. The van der Waals surface area contributed by atoms with Crippen molar-refractivity contribution < 1.29 is 9.53 Å². The lowest BCUT2D eigenvalue weighted by Gasteiger charge is -2.38. The highest BCUT2D eigenvalue weighted by atomic mass is 16.5. The van der Waals surface area contributed by atoms with Gasteiger partial charge in [-0.15, -0.1) is 0 Å². The van der Waals surface area contributed by atoms with E-state index in [1.54, 1.807) is 6.20 Å². The molecule has 2 aliphatic heterocycles. The van der Waals surface area contributed by atoms with Crippen molar-refractivity contribution in [1.29, 1.82) is 0 Å². The number of nitrogens with one attached hydrogen (secondary N) is 1. The number of hydrogen-bond donors (Lipinski definition) is 1. The van der Waals surface area contributed by atoms with Crippen LogP contribution >= 0.6 is 0 Å². The number of nitrogens with zero attached hydrogens (tertiary/aromatic N) is 3. The van der Waals surface area contributed by atoms with E-state index in [-0.39, 0.29) is 23.6 Å². The van der Waals surface area contributed by atoms with Gasteiger partial charge < -0.3 is 15.0 Å². The third kappa shape index (κ3) is 3.85. The number of carbonyl (C=O) groups excluding carboxylic acids is 1. The van der Waals surface area contributed by atoms with Crippen molar-refractivity contribution in [3.63, 3.8) is 0 Å². The number of carbonyl (C=O) groups is 1. The van der Waals surface area contributed by atoms with Crippen LogP contribution in [0.2, 0.25) is 0 Å². The van der Waals surface area contributed by atoms with Gasteiger partial charge in [0.15, 0.2) is 0 Å². The highest BCUT2D eigenvalue weighted by molar-refractivity contribution is 5.99. The molecule has 6 nitrogen and oxygen atoms in total. The summed E-state index contributed by atoms with van der Waals surface area (Å²) in [7, 11) is 0. The molecule has 2 aromatic carbocycles. The van der Waals surface area contributed by atoms with Gasteiger partial charge in [0.25, 0.3) is 5.91 Å². The molecular weight excluding hydrogens is 400 g/mol. The molecule has 0 bridgehead atoms. The maximum Gasteiger partial charge on any atom is 0.259 e. The molecule has 0 aliphatic carbocycles. The Morgan fingerprint density at radius 1 is 1.12 bits per heavy atom. The lowest BCUT2D eigenvalue weighted by atomic mass is 9.89. The molecule has 3 heterocycles. The van der Waals surface area contributed by atoms with Crippen LogP contribution in [-0.4, -0.2) is 39.8 Å². The van der Waals surface area contributed by atoms with E-state index in [9.17, 15) is 4.79 Å². The summed E-state index contributed by atoms with van der Waals surface area (Å²) in [5.41, 5.74) is 2.87. The highest BCUT2D eigenvalue weighted by Gasteiger charge is 2.38. The van der Waals surface area contributed by atoms with Crippen LogP contribution in [0.15, 0.2) is 60.8 Å². The van der Waals surface area contributed by atoms with Crippen LogP contribution < -0.4 is 10.1 Å². The normalized spacial score (nSPS) is 21.7. The minimum Gasteiger partial charge on any atom is -0.489 e. The first kappa shape index (κ1) is 20.6. The number of fused-ring (bicyclic) bond motifs is 1. The standard InChI is InChI=1S/C26H30N4O2/c1-18-9-11-20(12-10-18)32-21-13-14-29(17-21)25(31)22-16-27-30-24(22)28-23(15-26(30,2)3)19-7-5-4-6-8-19/h4-12,16,21,23,28H,13-15,17H2,1-3H3. The maximum absolute atomic E-state index is 13.5. The topological polar surface area (TPSA) is 59.4 Å². The Kier molecular flexibility index (Phi) is 5.16. The van der Waals surface area contributed by atoms with Gasteiger partial charge >= 0.3 is 0 Å². The van der Waals surface area contributed by atoms with Gasteiger partial charge in [-0.3, -0.25) is 4.79 Å². The Morgan fingerprint density at radius 3 is 2.62 bits per heavy atom. The van der Waals surface area contributed by atoms with Gasteiger partial charge in [0.1, 0.15) is 23.2 Å². The van der Waals surface area contributed by atoms with Crippen molar-refractivity contribution in [2.24, 2.45) is 0 Å². The Labute approximate surface area is 189 Å². The number of aromatic nitrogens is 2. The molecule has 32 heavy (non-hydrogen) atoms. The minimum atomic E-state index is -0.193. The Bertz CT molecular complexity index is 1100. The van der Waals surface area contributed by atoms with Crippen LogP contribution in [0, 0.1) is 6.92 Å². The van der Waals surface area contributed by atoms with Crippen molar-refractivity contribution in [3.05, 3.63) is 77.5 Å². The lowest BCUT2D eigenvalue weighted by molar-refractivity contribution is 0.0773. The Balaban J connectivity index is 1.33. The van der Waals surface area contributed by atoms with Crippen LogP contribution in [0.5, 0.6) is 5.75 Å².